The molecule has 5 heteroatoms. The second-order valence-corrected chi connectivity index (χ2v) is 4.86. The van der Waals surface area contributed by atoms with Gasteiger partial charge in [0.25, 0.3) is 5.91 Å². The quantitative estimate of drug-likeness (QED) is 0.807. The van der Waals surface area contributed by atoms with Crippen LogP contribution in [0.25, 0.3) is 0 Å². The number of rotatable bonds is 3. The van der Waals surface area contributed by atoms with Crippen LogP contribution in [0.3, 0.4) is 0 Å². The Kier molecular flexibility index (Phi) is 3.71. The highest BCUT2D eigenvalue weighted by atomic mass is 16.2. The van der Waals surface area contributed by atoms with Crippen LogP contribution in [-0.4, -0.2) is 52.2 Å². The van der Waals surface area contributed by atoms with Gasteiger partial charge in [0.1, 0.15) is 0 Å². The second-order valence-electron chi connectivity index (χ2n) is 4.86. The molecule has 2 rings (SSSR count). The molecule has 100 valence electrons. The van der Waals surface area contributed by atoms with Gasteiger partial charge in [0.05, 0.1) is 12.2 Å². The Morgan fingerprint density at radius 2 is 2.00 bits per heavy atom. The topological polar surface area (TPSA) is 41.4 Å². The number of hydrogen-bond acceptors (Lipinski definition) is 3. The molecule has 0 spiro atoms. The molecule has 0 N–H and O–H groups in total. The van der Waals surface area contributed by atoms with Crippen molar-refractivity contribution in [2.24, 2.45) is 0 Å². The molecule has 0 saturated heterocycles. The number of hydrogen-bond donors (Lipinski definition) is 0. The molecule has 0 radical (unpaired) electrons. The molecular weight excluding hydrogens is 228 g/mol. The largest absolute Gasteiger partial charge is 0.338 e. The zero-order valence-corrected chi connectivity index (χ0v) is 11.7. The van der Waals surface area contributed by atoms with E-state index in [2.05, 4.69) is 17.0 Å². The molecule has 0 atom stereocenters. The number of carbonyl (C=O) groups is 1. The van der Waals surface area contributed by atoms with Crippen molar-refractivity contribution in [1.82, 2.24) is 19.6 Å². The molecule has 1 aliphatic heterocycles. The van der Waals surface area contributed by atoms with Crippen molar-refractivity contribution < 1.29 is 4.79 Å². The van der Waals surface area contributed by atoms with E-state index >= 15 is 0 Å². The highest BCUT2D eigenvalue weighted by Crippen LogP contribution is 2.19. The summed E-state index contributed by atoms with van der Waals surface area (Å²) in [5.74, 6) is 0.0575. The Morgan fingerprint density at radius 3 is 2.61 bits per heavy atom. The van der Waals surface area contributed by atoms with Gasteiger partial charge in [-0.15, -0.1) is 0 Å². The van der Waals surface area contributed by atoms with Crippen LogP contribution in [0.15, 0.2) is 0 Å². The summed E-state index contributed by atoms with van der Waals surface area (Å²) in [6.07, 6.45) is 0. The summed E-state index contributed by atoms with van der Waals surface area (Å²) in [5, 5.41) is 4.50. The van der Waals surface area contributed by atoms with Gasteiger partial charge in [-0.1, -0.05) is 0 Å². The van der Waals surface area contributed by atoms with Crippen LogP contribution in [0.2, 0.25) is 0 Å². The predicted molar refractivity (Wildman–Crippen MR) is 70.5 cm³/mol. The third-order valence-electron chi connectivity index (χ3n) is 3.69. The van der Waals surface area contributed by atoms with Crippen molar-refractivity contribution in [2.75, 3.05) is 26.7 Å². The molecule has 2 heterocycles. The summed E-state index contributed by atoms with van der Waals surface area (Å²) >= 11 is 0. The average molecular weight is 250 g/mol. The molecular formula is C13H22N4O. The first-order valence-electron chi connectivity index (χ1n) is 6.62. The molecule has 0 fully saturated rings. The highest BCUT2D eigenvalue weighted by Gasteiger charge is 2.25. The molecule has 18 heavy (non-hydrogen) atoms. The van der Waals surface area contributed by atoms with Gasteiger partial charge in [-0.25, -0.2) is 0 Å². The SMILES string of the molecule is CCN(CC)C(=O)c1nn2c(c1C)CN(C)CC2. The van der Waals surface area contributed by atoms with E-state index in [1.165, 1.54) is 5.69 Å². The standard InChI is InChI=1S/C13H22N4O/c1-5-16(6-2)13(18)12-10(3)11-9-15(4)7-8-17(11)14-12/h5-9H2,1-4H3. The highest BCUT2D eigenvalue weighted by molar-refractivity contribution is 5.93. The van der Waals surface area contributed by atoms with Gasteiger partial charge >= 0.3 is 0 Å². The van der Waals surface area contributed by atoms with Crippen molar-refractivity contribution in [3.63, 3.8) is 0 Å². The van der Waals surface area contributed by atoms with Crippen molar-refractivity contribution in [1.29, 1.82) is 0 Å². The van der Waals surface area contributed by atoms with E-state index in [4.69, 9.17) is 0 Å². The molecule has 1 amide bonds. The van der Waals surface area contributed by atoms with E-state index in [0.717, 1.165) is 38.3 Å². The molecule has 1 aromatic rings. The smallest absolute Gasteiger partial charge is 0.274 e. The van der Waals surface area contributed by atoms with E-state index in [9.17, 15) is 4.79 Å². The number of nitrogens with zero attached hydrogens (tertiary/aromatic N) is 4. The van der Waals surface area contributed by atoms with Crippen molar-refractivity contribution in [3.8, 4) is 0 Å². The molecule has 0 bridgehead atoms. The fourth-order valence-electron chi connectivity index (χ4n) is 2.44. The fraction of sp³-hybridized carbons (Fsp3) is 0.692. The molecule has 1 aliphatic rings. The summed E-state index contributed by atoms with van der Waals surface area (Å²) in [4.78, 5) is 16.4. The first kappa shape index (κ1) is 13.1. The van der Waals surface area contributed by atoms with E-state index < -0.39 is 0 Å². The van der Waals surface area contributed by atoms with Gasteiger partial charge in [0, 0.05) is 31.7 Å². The molecule has 0 aromatic carbocycles. The summed E-state index contributed by atoms with van der Waals surface area (Å²) in [7, 11) is 2.10. The molecule has 0 saturated carbocycles. The normalized spacial score (nSPS) is 15.6. The van der Waals surface area contributed by atoms with Crippen LogP contribution in [0.5, 0.6) is 0 Å². The lowest BCUT2D eigenvalue weighted by atomic mass is 10.1. The van der Waals surface area contributed by atoms with Gasteiger partial charge in [0.15, 0.2) is 5.69 Å². The molecule has 0 aliphatic carbocycles. The van der Waals surface area contributed by atoms with Crippen LogP contribution in [0, 0.1) is 6.92 Å². The zero-order chi connectivity index (χ0) is 13.3. The van der Waals surface area contributed by atoms with E-state index in [1.54, 1.807) is 0 Å². The first-order valence-corrected chi connectivity index (χ1v) is 6.62. The number of likely N-dealkylation sites (N-methyl/N-ethyl adjacent to an activating group) is 1. The summed E-state index contributed by atoms with van der Waals surface area (Å²) in [6.45, 7) is 10.2. The Labute approximate surface area is 108 Å². The third-order valence-corrected chi connectivity index (χ3v) is 3.69. The van der Waals surface area contributed by atoms with Crippen LogP contribution >= 0.6 is 0 Å². The maximum atomic E-state index is 12.4. The Bertz CT molecular complexity index is 448. The van der Waals surface area contributed by atoms with Gasteiger partial charge in [-0.2, -0.15) is 5.10 Å². The van der Waals surface area contributed by atoms with Crippen LogP contribution in [0.1, 0.15) is 35.6 Å². The maximum Gasteiger partial charge on any atom is 0.274 e. The summed E-state index contributed by atoms with van der Waals surface area (Å²) in [6, 6.07) is 0. The van der Waals surface area contributed by atoms with Gasteiger partial charge < -0.3 is 4.90 Å². The van der Waals surface area contributed by atoms with E-state index in [1.807, 2.05) is 30.4 Å². The minimum atomic E-state index is 0.0575. The van der Waals surface area contributed by atoms with E-state index in [-0.39, 0.29) is 5.91 Å². The maximum absolute atomic E-state index is 12.4. The number of carbonyl (C=O) groups excluding carboxylic acids is 1. The first-order chi connectivity index (χ1) is 8.58. The number of amides is 1. The van der Waals surface area contributed by atoms with Crippen LogP contribution < -0.4 is 0 Å². The Balaban J connectivity index is 2.33. The minimum absolute atomic E-state index is 0.0575. The van der Waals surface area contributed by atoms with Crippen LogP contribution in [0.4, 0.5) is 0 Å². The van der Waals surface area contributed by atoms with Crippen molar-refractivity contribution >= 4 is 5.91 Å². The van der Waals surface area contributed by atoms with E-state index in [0.29, 0.717) is 5.69 Å². The molecule has 5 nitrogen and oxygen atoms in total. The summed E-state index contributed by atoms with van der Waals surface area (Å²) < 4.78 is 1.99. The monoisotopic (exact) mass is 250 g/mol. The Morgan fingerprint density at radius 1 is 1.33 bits per heavy atom. The summed E-state index contributed by atoms with van der Waals surface area (Å²) in [5.41, 5.74) is 2.85. The van der Waals surface area contributed by atoms with Gasteiger partial charge in [0.2, 0.25) is 0 Å². The second kappa shape index (κ2) is 5.10. The molecule has 0 unspecified atom stereocenters. The Hall–Kier alpha value is -1.36. The number of aromatic nitrogens is 2. The average Bonchev–Trinajstić information content (AvgIpc) is 2.68. The molecule has 1 aromatic heterocycles. The fourth-order valence-corrected chi connectivity index (χ4v) is 2.44. The predicted octanol–water partition coefficient (Wildman–Crippen LogP) is 1.12. The lowest BCUT2D eigenvalue weighted by molar-refractivity contribution is 0.0765. The van der Waals surface area contributed by atoms with Crippen molar-refractivity contribution in [2.45, 2.75) is 33.9 Å². The number of fused-ring (bicyclic) bond motifs is 1. The van der Waals surface area contributed by atoms with Gasteiger partial charge in [-0.05, 0) is 27.8 Å². The zero-order valence-electron chi connectivity index (χ0n) is 11.7. The lowest BCUT2D eigenvalue weighted by Crippen LogP contribution is -2.31. The lowest BCUT2D eigenvalue weighted by Gasteiger charge is -2.23. The third kappa shape index (κ3) is 2.14. The van der Waals surface area contributed by atoms with Crippen LogP contribution in [-0.2, 0) is 13.1 Å². The minimum Gasteiger partial charge on any atom is -0.338 e. The van der Waals surface area contributed by atoms with Gasteiger partial charge in [-0.3, -0.25) is 14.4 Å². The van der Waals surface area contributed by atoms with Crippen molar-refractivity contribution in [3.05, 3.63) is 17.0 Å².